The normalized spacial score (nSPS) is 13.1. The van der Waals surface area contributed by atoms with Crippen molar-refractivity contribution in [1.29, 1.82) is 0 Å². The van der Waals surface area contributed by atoms with E-state index >= 15 is 0 Å². The molecule has 1 unspecified atom stereocenters. The predicted molar refractivity (Wildman–Crippen MR) is 69.0 cm³/mol. The van der Waals surface area contributed by atoms with E-state index in [4.69, 9.17) is 5.11 Å². The minimum Gasteiger partial charge on any atom is -0.396 e. The average molecular weight is 289 g/mol. The van der Waals surface area contributed by atoms with Crippen LogP contribution in [0.25, 0.3) is 0 Å². The fourth-order valence-corrected chi connectivity index (χ4v) is 1.56. The van der Waals surface area contributed by atoms with Gasteiger partial charge in [-0.1, -0.05) is 19.1 Å². The van der Waals surface area contributed by atoms with Gasteiger partial charge in [0.2, 0.25) is 5.91 Å². The Bertz CT molecular complexity index is 429. The van der Waals surface area contributed by atoms with Crippen molar-refractivity contribution in [2.24, 2.45) is 5.92 Å². The van der Waals surface area contributed by atoms with E-state index in [0.29, 0.717) is 18.5 Å². The summed E-state index contributed by atoms with van der Waals surface area (Å²) < 4.78 is 37.1. The molecular formula is C14H18F3NO2. The lowest BCUT2D eigenvalue weighted by molar-refractivity contribution is -0.137. The van der Waals surface area contributed by atoms with Crippen molar-refractivity contribution in [2.45, 2.75) is 25.9 Å². The van der Waals surface area contributed by atoms with Crippen LogP contribution in [0, 0.1) is 5.92 Å². The predicted octanol–water partition coefficient (Wildman–Crippen LogP) is 2.38. The molecule has 0 spiro atoms. The maximum atomic E-state index is 12.4. The molecule has 1 atom stereocenters. The Labute approximate surface area is 115 Å². The van der Waals surface area contributed by atoms with E-state index in [0.717, 1.165) is 12.1 Å². The van der Waals surface area contributed by atoms with Gasteiger partial charge in [-0.3, -0.25) is 4.79 Å². The largest absolute Gasteiger partial charge is 0.416 e. The van der Waals surface area contributed by atoms with E-state index in [1.165, 1.54) is 12.1 Å². The van der Waals surface area contributed by atoms with Crippen LogP contribution in [0.3, 0.4) is 0 Å². The molecule has 0 aromatic heterocycles. The van der Waals surface area contributed by atoms with Crippen LogP contribution in [-0.4, -0.2) is 24.2 Å². The van der Waals surface area contributed by atoms with Crippen molar-refractivity contribution in [1.82, 2.24) is 5.32 Å². The molecule has 1 amide bonds. The summed E-state index contributed by atoms with van der Waals surface area (Å²) in [6.45, 7) is 2.19. The Morgan fingerprint density at radius 2 is 1.90 bits per heavy atom. The molecule has 2 N–H and O–H groups in total. The third-order valence-corrected chi connectivity index (χ3v) is 2.88. The van der Waals surface area contributed by atoms with Crippen LogP contribution >= 0.6 is 0 Å². The first-order valence-corrected chi connectivity index (χ1v) is 6.36. The first-order valence-electron chi connectivity index (χ1n) is 6.36. The second-order valence-electron chi connectivity index (χ2n) is 4.79. The Morgan fingerprint density at radius 3 is 2.40 bits per heavy atom. The highest BCUT2D eigenvalue weighted by Crippen LogP contribution is 2.29. The first kappa shape index (κ1) is 16.5. The van der Waals surface area contributed by atoms with Gasteiger partial charge >= 0.3 is 6.18 Å². The van der Waals surface area contributed by atoms with E-state index in [9.17, 15) is 18.0 Å². The van der Waals surface area contributed by atoms with Crippen molar-refractivity contribution >= 4 is 5.91 Å². The number of amides is 1. The molecule has 0 radical (unpaired) electrons. The number of aryl methyl sites for hydroxylation is 1. The van der Waals surface area contributed by atoms with E-state index in [1.807, 2.05) is 0 Å². The molecule has 6 heteroatoms. The van der Waals surface area contributed by atoms with Crippen LogP contribution in [0.15, 0.2) is 24.3 Å². The molecule has 0 aliphatic heterocycles. The van der Waals surface area contributed by atoms with Gasteiger partial charge in [-0.25, -0.2) is 0 Å². The molecule has 1 aromatic carbocycles. The maximum absolute atomic E-state index is 12.4. The second kappa shape index (κ2) is 7.28. The highest BCUT2D eigenvalue weighted by atomic mass is 19.4. The lowest BCUT2D eigenvalue weighted by atomic mass is 10.1. The van der Waals surface area contributed by atoms with Gasteiger partial charge in [0.1, 0.15) is 0 Å². The Kier molecular flexibility index (Phi) is 6.01. The minimum absolute atomic E-state index is 0.000809. The number of halogens is 3. The van der Waals surface area contributed by atoms with Gasteiger partial charge in [0.25, 0.3) is 0 Å². The topological polar surface area (TPSA) is 49.3 Å². The number of benzene rings is 1. The average Bonchev–Trinajstić information content (AvgIpc) is 2.41. The quantitative estimate of drug-likeness (QED) is 0.844. The molecule has 0 bridgehead atoms. The molecule has 0 heterocycles. The van der Waals surface area contributed by atoms with Gasteiger partial charge in [0.15, 0.2) is 0 Å². The van der Waals surface area contributed by atoms with Gasteiger partial charge < -0.3 is 10.4 Å². The van der Waals surface area contributed by atoms with E-state index in [-0.39, 0.29) is 24.9 Å². The molecule has 1 rings (SSSR count). The number of rotatable bonds is 6. The Hall–Kier alpha value is -1.56. The zero-order chi connectivity index (χ0) is 15.2. The van der Waals surface area contributed by atoms with Crippen molar-refractivity contribution in [3.63, 3.8) is 0 Å². The molecular weight excluding hydrogens is 271 g/mol. The lowest BCUT2D eigenvalue weighted by Gasteiger charge is -2.10. The minimum atomic E-state index is -4.34. The van der Waals surface area contributed by atoms with Crippen molar-refractivity contribution in [3.05, 3.63) is 35.4 Å². The van der Waals surface area contributed by atoms with E-state index < -0.39 is 11.7 Å². The van der Waals surface area contributed by atoms with Crippen LogP contribution in [-0.2, 0) is 17.4 Å². The molecule has 20 heavy (non-hydrogen) atoms. The monoisotopic (exact) mass is 289 g/mol. The van der Waals surface area contributed by atoms with Crippen molar-refractivity contribution in [3.8, 4) is 0 Å². The summed E-state index contributed by atoms with van der Waals surface area (Å²) in [5.41, 5.74) is -0.00849. The summed E-state index contributed by atoms with van der Waals surface area (Å²) in [5, 5.41) is 11.5. The Balaban J connectivity index is 2.40. The zero-order valence-corrected chi connectivity index (χ0v) is 11.2. The van der Waals surface area contributed by atoms with Crippen LogP contribution in [0.1, 0.15) is 24.5 Å². The fraction of sp³-hybridized carbons (Fsp3) is 0.500. The number of carbonyl (C=O) groups is 1. The highest BCUT2D eigenvalue weighted by Gasteiger charge is 2.29. The molecule has 0 aliphatic rings. The Morgan fingerprint density at radius 1 is 1.30 bits per heavy atom. The van der Waals surface area contributed by atoms with Gasteiger partial charge in [0.05, 0.1) is 5.56 Å². The summed E-state index contributed by atoms with van der Waals surface area (Å²) >= 11 is 0. The summed E-state index contributed by atoms with van der Waals surface area (Å²) in [4.78, 5) is 11.5. The molecule has 3 nitrogen and oxygen atoms in total. The van der Waals surface area contributed by atoms with E-state index in [1.54, 1.807) is 6.92 Å². The molecule has 0 saturated carbocycles. The smallest absolute Gasteiger partial charge is 0.396 e. The SMILES string of the molecule is CC(CO)CNC(=O)CCc1ccc(C(F)(F)F)cc1. The molecule has 112 valence electrons. The number of aliphatic hydroxyl groups is 1. The standard InChI is InChI=1S/C14H18F3NO2/c1-10(9-19)8-18-13(20)7-4-11-2-5-12(6-3-11)14(15,16)17/h2-3,5-6,10,19H,4,7-9H2,1H3,(H,18,20). The number of hydrogen-bond donors (Lipinski definition) is 2. The first-order chi connectivity index (χ1) is 9.32. The number of nitrogens with one attached hydrogen (secondary N) is 1. The number of carbonyl (C=O) groups excluding carboxylic acids is 1. The molecule has 1 aromatic rings. The van der Waals surface area contributed by atoms with Crippen LogP contribution in [0.5, 0.6) is 0 Å². The zero-order valence-electron chi connectivity index (χ0n) is 11.2. The van der Waals surface area contributed by atoms with Gasteiger partial charge in [0, 0.05) is 19.6 Å². The van der Waals surface area contributed by atoms with Gasteiger partial charge in [-0.15, -0.1) is 0 Å². The van der Waals surface area contributed by atoms with E-state index in [2.05, 4.69) is 5.32 Å². The highest BCUT2D eigenvalue weighted by molar-refractivity contribution is 5.76. The van der Waals surface area contributed by atoms with Gasteiger partial charge in [-0.05, 0) is 30.0 Å². The third-order valence-electron chi connectivity index (χ3n) is 2.88. The maximum Gasteiger partial charge on any atom is 0.416 e. The summed E-state index contributed by atoms with van der Waals surface area (Å²) in [7, 11) is 0. The lowest BCUT2D eigenvalue weighted by Crippen LogP contribution is -2.29. The van der Waals surface area contributed by atoms with Crippen molar-refractivity contribution < 1.29 is 23.1 Å². The third kappa shape index (κ3) is 5.61. The van der Waals surface area contributed by atoms with Crippen LogP contribution in [0.4, 0.5) is 13.2 Å². The second-order valence-corrected chi connectivity index (χ2v) is 4.79. The van der Waals surface area contributed by atoms with Crippen LogP contribution in [0.2, 0.25) is 0 Å². The molecule has 0 fully saturated rings. The number of hydrogen-bond acceptors (Lipinski definition) is 2. The van der Waals surface area contributed by atoms with Crippen molar-refractivity contribution in [2.75, 3.05) is 13.2 Å². The summed E-state index contributed by atoms with van der Waals surface area (Å²) in [5.74, 6) is -0.185. The molecule has 0 aliphatic carbocycles. The number of aliphatic hydroxyl groups excluding tert-OH is 1. The fourth-order valence-electron chi connectivity index (χ4n) is 1.56. The summed E-state index contributed by atoms with van der Waals surface area (Å²) in [6, 6.07) is 4.79. The summed E-state index contributed by atoms with van der Waals surface area (Å²) in [6.07, 6.45) is -3.74. The van der Waals surface area contributed by atoms with Gasteiger partial charge in [-0.2, -0.15) is 13.2 Å². The number of alkyl halides is 3. The molecule has 0 saturated heterocycles. The van der Waals surface area contributed by atoms with Crippen LogP contribution < -0.4 is 5.32 Å².